The molecule has 0 aliphatic carbocycles. The maximum atomic E-state index is 11.7. The Bertz CT molecular complexity index is 268. The van der Waals surface area contributed by atoms with Crippen LogP contribution < -0.4 is 10.6 Å². The Kier molecular flexibility index (Phi) is 4.05. The van der Waals surface area contributed by atoms with Gasteiger partial charge in [0.15, 0.2) is 0 Å². The van der Waals surface area contributed by atoms with Gasteiger partial charge in [-0.05, 0) is 52.6 Å². The molecule has 17 heavy (non-hydrogen) atoms. The highest BCUT2D eigenvalue weighted by Gasteiger charge is 2.38. The third-order valence-electron chi connectivity index (χ3n) is 4.59. The Balaban J connectivity index is 1.76. The minimum atomic E-state index is -0.0852. The topological polar surface area (TPSA) is 44.4 Å². The summed E-state index contributed by atoms with van der Waals surface area (Å²) in [6.07, 6.45) is 5.19. The number of amides is 1. The predicted molar refractivity (Wildman–Crippen MR) is 68.8 cm³/mol. The van der Waals surface area contributed by atoms with Gasteiger partial charge in [-0.2, -0.15) is 0 Å². The normalized spacial score (nSPS) is 34.6. The Morgan fingerprint density at radius 3 is 2.47 bits per heavy atom. The van der Waals surface area contributed by atoms with Crippen LogP contribution in [0.4, 0.5) is 0 Å². The quantitative estimate of drug-likeness (QED) is 0.754. The summed E-state index contributed by atoms with van der Waals surface area (Å²) in [5.41, 5.74) is 0. The first-order valence-corrected chi connectivity index (χ1v) is 6.78. The van der Waals surface area contributed by atoms with E-state index in [-0.39, 0.29) is 11.9 Å². The molecule has 98 valence electrons. The van der Waals surface area contributed by atoms with Crippen molar-refractivity contribution >= 4 is 5.91 Å². The van der Waals surface area contributed by atoms with Crippen molar-refractivity contribution in [3.05, 3.63) is 0 Å². The van der Waals surface area contributed by atoms with Crippen LogP contribution in [0.2, 0.25) is 0 Å². The third-order valence-corrected chi connectivity index (χ3v) is 4.59. The van der Waals surface area contributed by atoms with Gasteiger partial charge >= 0.3 is 0 Å². The van der Waals surface area contributed by atoms with Gasteiger partial charge < -0.3 is 15.5 Å². The molecule has 2 aliphatic heterocycles. The first kappa shape index (κ1) is 12.8. The molecular weight excluding hydrogens is 214 g/mol. The average molecular weight is 239 g/mol. The second-order valence-corrected chi connectivity index (χ2v) is 5.64. The Labute approximate surface area is 104 Å². The fraction of sp³-hybridized carbons (Fsp3) is 0.923. The summed E-state index contributed by atoms with van der Waals surface area (Å²) in [5.74, 6) is 0.801. The molecule has 3 unspecified atom stereocenters. The zero-order valence-corrected chi connectivity index (χ0v) is 11.2. The number of nitrogens with one attached hydrogen (secondary N) is 2. The number of carbonyl (C=O) groups is 1. The second-order valence-electron chi connectivity index (χ2n) is 5.64. The SMILES string of the molecule is CNC(C)C(=O)NCC1CC2CCC(C1)N2C. The van der Waals surface area contributed by atoms with Crippen LogP contribution in [0, 0.1) is 5.92 Å². The van der Waals surface area contributed by atoms with Crippen LogP contribution >= 0.6 is 0 Å². The van der Waals surface area contributed by atoms with Crippen LogP contribution in [-0.2, 0) is 4.79 Å². The molecule has 0 spiro atoms. The lowest BCUT2D eigenvalue weighted by molar-refractivity contribution is -0.122. The molecule has 0 radical (unpaired) electrons. The summed E-state index contributed by atoms with van der Waals surface area (Å²) in [6.45, 7) is 2.75. The maximum Gasteiger partial charge on any atom is 0.236 e. The van der Waals surface area contributed by atoms with Crippen molar-refractivity contribution in [1.82, 2.24) is 15.5 Å². The number of likely N-dealkylation sites (N-methyl/N-ethyl adjacent to an activating group) is 1. The fourth-order valence-corrected chi connectivity index (χ4v) is 3.22. The van der Waals surface area contributed by atoms with Crippen LogP contribution in [-0.4, -0.2) is 49.6 Å². The highest BCUT2D eigenvalue weighted by Crippen LogP contribution is 2.36. The number of rotatable bonds is 4. The van der Waals surface area contributed by atoms with Crippen molar-refractivity contribution in [3.8, 4) is 0 Å². The van der Waals surface area contributed by atoms with Crippen LogP contribution in [0.5, 0.6) is 0 Å². The summed E-state index contributed by atoms with van der Waals surface area (Å²) in [6, 6.07) is 1.44. The Morgan fingerprint density at radius 2 is 1.94 bits per heavy atom. The maximum absolute atomic E-state index is 11.7. The van der Waals surface area contributed by atoms with E-state index in [2.05, 4.69) is 22.6 Å². The van der Waals surface area contributed by atoms with E-state index in [1.807, 2.05) is 14.0 Å². The van der Waals surface area contributed by atoms with Gasteiger partial charge in [-0.15, -0.1) is 0 Å². The third kappa shape index (κ3) is 2.80. The molecule has 2 bridgehead atoms. The minimum Gasteiger partial charge on any atom is -0.354 e. The molecule has 2 fully saturated rings. The van der Waals surface area contributed by atoms with Crippen LogP contribution in [0.15, 0.2) is 0 Å². The average Bonchev–Trinajstić information content (AvgIpc) is 2.57. The molecule has 2 aliphatic rings. The highest BCUT2D eigenvalue weighted by atomic mass is 16.2. The standard InChI is InChI=1S/C13H25N3O/c1-9(14-2)13(17)15-8-10-6-11-4-5-12(7-10)16(11)3/h9-12,14H,4-8H2,1-3H3,(H,15,17). The van der Waals surface area contributed by atoms with Gasteiger partial charge in [-0.1, -0.05) is 0 Å². The summed E-state index contributed by atoms with van der Waals surface area (Å²) in [7, 11) is 4.07. The number of hydrogen-bond acceptors (Lipinski definition) is 3. The lowest BCUT2D eigenvalue weighted by Crippen LogP contribution is -2.46. The van der Waals surface area contributed by atoms with Crippen LogP contribution in [0.1, 0.15) is 32.6 Å². The molecule has 2 N–H and O–H groups in total. The van der Waals surface area contributed by atoms with E-state index in [4.69, 9.17) is 0 Å². The molecule has 1 amide bonds. The molecule has 2 heterocycles. The van der Waals surface area contributed by atoms with Crippen LogP contribution in [0.3, 0.4) is 0 Å². The van der Waals surface area contributed by atoms with Gasteiger partial charge in [0.2, 0.25) is 5.91 Å². The molecule has 2 saturated heterocycles. The monoisotopic (exact) mass is 239 g/mol. The van der Waals surface area contributed by atoms with Crippen molar-refractivity contribution in [2.24, 2.45) is 5.92 Å². The van der Waals surface area contributed by atoms with Gasteiger partial charge in [-0.25, -0.2) is 0 Å². The van der Waals surface area contributed by atoms with Crippen molar-refractivity contribution in [1.29, 1.82) is 0 Å². The first-order chi connectivity index (χ1) is 8.11. The Hall–Kier alpha value is -0.610. The molecule has 4 nitrogen and oxygen atoms in total. The molecule has 0 saturated carbocycles. The zero-order chi connectivity index (χ0) is 12.4. The lowest BCUT2D eigenvalue weighted by atomic mass is 9.91. The summed E-state index contributed by atoms with van der Waals surface area (Å²) in [4.78, 5) is 14.2. The van der Waals surface area contributed by atoms with E-state index in [0.29, 0.717) is 5.92 Å². The zero-order valence-electron chi connectivity index (χ0n) is 11.2. The molecule has 2 rings (SSSR count). The summed E-state index contributed by atoms with van der Waals surface area (Å²) >= 11 is 0. The second kappa shape index (κ2) is 5.36. The van der Waals surface area contributed by atoms with Gasteiger partial charge in [0.05, 0.1) is 6.04 Å². The highest BCUT2D eigenvalue weighted by molar-refractivity contribution is 5.81. The number of hydrogen-bond donors (Lipinski definition) is 2. The van der Waals surface area contributed by atoms with E-state index < -0.39 is 0 Å². The van der Waals surface area contributed by atoms with Crippen LogP contribution in [0.25, 0.3) is 0 Å². The summed E-state index contributed by atoms with van der Waals surface area (Å²) in [5, 5.41) is 6.04. The van der Waals surface area contributed by atoms with E-state index in [9.17, 15) is 4.79 Å². The van der Waals surface area contributed by atoms with Gasteiger partial charge in [0.1, 0.15) is 0 Å². The molecule has 0 aromatic heterocycles. The van der Waals surface area contributed by atoms with E-state index in [1.54, 1.807) is 0 Å². The van der Waals surface area contributed by atoms with Crippen molar-refractivity contribution in [2.75, 3.05) is 20.6 Å². The predicted octanol–water partition coefficient (Wildman–Crippen LogP) is 0.583. The number of piperidine rings is 1. The van der Waals surface area contributed by atoms with Gasteiger partial charge in [-0.3, -0.25) is 4.79 Å². The lowest BCUT2D eigenvalue weighted by Gasteiger charge is -2.36. The largest absolute Gasteiger partial charge is 0.354 e. The fourth-order valence-electron chi connectivity index (χ4n) is 3.22. The molecular formula is C13H25N3O. The molecule has 0 aromatic carbocycles. The smallest absolute Gasteiger partial charge is 0.236 e. The summed E-state index contributed by atoms with van der Waals surface area (Å²) < 4.78 is 0. The van der Waals surface area contributed by atoms with Crippen molar-refractivity contribution in [3.63, 3.8) is 0 Å². The van der Waals surface area contributed by atoms with Gasteiger partial charge in [0.25, 0.3) is 0 Å². The molecule has 0 aromatic rings. The van der Waals surface area contributed by atoms with E-state index >= 15 is 0 Å². The first-order valence-electron chi connectivity index (χ1n) is 6.78. The van der Waals surface area contributed by atoms with Crippen molar-refractivity contribution < 1.29 is 4.79 Å². The Morgan fingerprint density at radius 1 is 1.35 bits per heavy atom. The van der Waals surface area contributed by atoms with E-state index in [1.165, 1.54) is 25.7 Å². The number of carbonyl (C=O) groups excluding carboxylic acids is 1. The molecule has 3 atom stereocenters. The number of nitrogens with zero attached hydrogens (tertiary/aromatic N) is 1. The van der Waals surface area contributed by atoms with Gasteiger partial charge in [0, 0.05) is 18.6 Å². The van der Waals surface area contributed by atoms with Crippen molar-refractivity contribution in [2.45, 2.75) is 50.7 Å². The number of fused-ring (bicyclic) bond motifs is 2. The minimum absolute atomic E-state index is 0.0852. The molecule has 4 heteroatoms. The van der Waals surface area contributed by atoms with E-state index in [0.717, 1.165) is 18.6 Å².